The second kappa shape index (κ2) is 6.46. The molecule has 0 aromatic heterocycles. The highest BCUT2D eigenvalue weighted by Gasteiger charge is 2.05. The van der Waals surface area contributed by atoms with E-state index < -0.39 is 0 Å². The van der Waals surface area contributed by atoms with Crippen LogP contribution >= 0.6 is 27.5 Å². The predicted molar refractivity (Wildman–Crippen MR) is 76.1 cm³/mol. The maximum Gasteiger partial charge on any atom is 0.129 e. The molecule has 0 heterocycles. The van der Waals surface area contributed by atoms with E-state index in [0.29, 0.717) is 29.2 Å². The lowest BCUT2D eigenvalue weighted by Crippen LogP contribution is -2.14. The summed E-state index contributed by atoms with van der Waals surface area (Å²) in [6.45, 7) is 0.641. The molecule has 0 spiro atoms. The van der Waals surface area contributed by atoms with Crippen LogP contribution in [0.25, 0.3) is 0 Å². The molecule has 0 saturated heterocycles. The normalized spacial score (nSPS) is 10.7. The zero-order valence-corrected chi connectivity index (χ0v) is 12.2. The monoisotopic (exact) mass is 345 g/mol. The van der Waals surface area contributed by atoms with Gasteiger partial charge in [-0.15, -0.1) is 0 Å². The van der Waals surface area contributed by atoms with E-state index in [1.165, 1.54) is 12.1 Å². The molecule has 1 nitrogen and oxygen atoms in total. The Balaban J connectivity index is 1.98. The van der Waals surface area contributed by atoms with Gasteiger partial charge in [0.25, 0.3) is 0 Å². The summed E-state index contributed by atoms with van der Waals surface area (Å²) in [5.41, 5.74) is 1.03. The van der Waals surface area contributed by atoms with Crippen LogP contribution in [0.15, 0.2) is 40.9 Å². The minimum atomic E-state index is -0.366. The first-order valence-corrected chi connectivity index (χ1v) is 6.82. The first-order chi connectivity index (χ1) is 9.06. The van der Waals surface area contributed by atoms with Crippen molar-refractivity contribution in [3.63, 3.8) is 0 Å². The van der Waals surface area contributed by atoms with Crippen LogP contribution in [0.5, 0.6) is 0 Å². The molecule has 0 atom stereocenters. The molecule has 0 saturated carbocycles. The molecule has 0 amide bonds. The summed E-state index contributed by atoms with van der Waals surface area (Å²) in [4.78, 5) is 0. The number of benzene rings is 2. The third-order valence-corrected chi connectivity index (χ3v) is 3.38. The third-order valence-electron chi connectivity index (χ3n) is 2.65. The Kier molecular flexibility index (Phi) is 4.91. The van der Waals surface area contributed by atoms with Gasteiger partial charge in [0, 0.05) is 33.7 Å². The molecule has 0 bridgehead atoms. The van der Waals surface area contributed by atoms with Crippen LogP contribution in [-0.2, 0) is 13.1 Å². The second-order valence-corrected chi connectivity index (χ2v) is 5.43. The minimum absolute atomic E-state index is 0.285. The molecule has 5 heteroatoms. The van der Waals surface area contributed by atoms with Crippen LogP contribution in [0.4, 0.5) is 8.78 Å². The molecule has 2 aromatic rings. The molecule has 0 radical (unpaired) electrons. The van der Waals surface area contributed by atoms with Crippen LogP contribution < -0.4 is 5.32 Å². The van der Waals surface area contributed by atoms with Gasteiger partial charge in [-0.2, -0.15) is 0 Å². The van der Waals surface area contributed by atoms with Crippen molar-refractivity contribution in [2.24, 2.45) is 0 Å². The number of halogens is 4. The van der Waals surface area contributed by atoms with Crippen molar-refractivity contribution < 1.29 is 8.78 Å². The number of rotatable bonds is 4. The van der Waals surface area contributed by atoms with E-state index >= 15 is 0 Å². The van der Waals surface area contributed by atoms with Gasteiger partial charge in [-0.05, 0) is 30.3 Å². The molecular formula is C14H11BrClF2N. The maximum absolute atomic E-state index is 13.5. The summed E-state index contributed by atoms with van der Waals surface area (Å²) in [6, 6.07) is 9.23. The smallest absolute Gasteiger partial charge is 0.129 e. The minimum Gasteiger partial charge on any atom is -0.308 e. The Bertz CT molecular complexity index is 590. The predicted octanol–water partition coefficient (Wildman–Crippen LogP) is 4.67. The standard InChI is InChI=1S/C14H11BrClF2N/c15-11-2-4-13(17)10(5-11)8-19-7-9-1-3-12(16)6-14(9)18/h1-6,19H,7-8H2. The zero-order chi connectivity index (χ0) is 13.8. The van der Waals surface area contributed by atoms with Crippen LogP contribution in [0, 0.1) is 11.6 Å². The van der Waals surface area contributed by atoms with Gasteiger partial charge in [-0.1, -0.05) is 33.6 Å². The average Bonchev–Trinajstić information content (AvgIpc) is 2.36. The Morgan fingerprint density at radius 2 is 1.68 bits per heavy atom. The summed E-state index contributed by atoms with van der Waals surface area (Å²) in [5, 5.41) is 3.36. The van der Waals surface area contributed by atoms with Gasteiger partial charge in [0.05, 0.1) is 0 Å². The average molecular weight is 347 g/mol. The van der Waals surface area contributed by atoms with E-state index in [9.17, 15) is 8.78 Å². The summed E-state index contributed by atoms with van der Waals surface area (Å²) in [6.07, 6.45) is 0. The van der Waals surface area contributed by atoms with E-state index in [1.54, 1.807) is 24.3 Å². The number of hydrogen-bond donors (Lipinski definition) is 1. The Morgan fingerprint density at radius 3 is 2.42 bits per heavy atom. The molecular weight excluding hydrogens is 336 g/mol. The highest BCUT2D eigenvalue weighted by molar-refractivity contribution is 9.10. The van der Waals surface area contributed by atoms with Crippen molar-refractivity contribution in [2.45, 2.75) is 13.1 Å². The zero-order valence-electron chi connectivity index (χ0n) is 9.89. The van der Waals surface area contributed by atoms with Crippen LogP contribution in [0.2, 0.25) is 5.02 Å². The summed E-state index contributed by atoms with van der Waals surface area (Å²) < 4.78 is 27.8. The molecule has 0 fully saturated rings. The number of hydrogen-bond acceptors (Lipinski definition) is 1. The topological polar surface area (TPSA) is 12.0 Å². The van der Waals surface area contributed by atoms with Crippen molar-refractivity contribution in [1.29, 1.82) is 0 Å². The molecule has 2 rings (SSSR count). The van der Waals surface area contributed by atoms with E-state index in [2.05, 4.69) is 21.2 Å². The third kappa shape index (κ3) is 4.00. The van der Waals surface area contributed by atoms with E-state index in [4.69, 9.17) is 11.6 Å². The summed E-state index contributed by atoms with van der Waals surface area (Å²) in [7, 11) is 0. The van der Waals surface area contributed by atoms with Crippen molar-refractivity contribution >= 4 is 27.5 Å². The Hall–Kier alpha value is -0.970. The SMILES string of the molecule is Fc1cc(Cl)ccc1CNCc1cc(Br)ccc1F. The second-order valence-electron chi connectivity index (χ2n) is 4.08. The molecule has 2 aromatic carbocycles. The van der Waals surface area contributed by atoms with Gasteiger partial charge < -0.3 is 5.32 Å². The lowest BCUT2D eigenvalue weighted by atomic mass is 10.2. The Labute approximate surface area is 123 Å². The van der Waals surface area contributed by atoms with Crippen molar-refractivity contribution in [3.8, 4) is 0 Å². The summed E-state index contributed by atoms with van der Waals surface area (Å²) >= 11 is 8.95. The van der Waals surface area contributed by atoms with Crippen molar-refractivity contribution in [1.82, 2.24) is 5.32 Å². The molecule has 1 N–H and O–H groups in total. The van der Waals surface area contributed by atoms with Gasteiger partial charge in [0.1, 0.15) is 11.6 Å². The number of nitrogens with one attached hydrogen (secondary N) is 1. The molecule has 100 valence electrons. The molecule has 0 aliphatic heterocycles. The first kappa shape index (κ1) is 14.4. The highest BCUT2D eigenvalue weighted by atomic mass is 79.9. The van der Waals surface area contributed by atoms with E-state index in [-0.39, 0.29) is 11.6 Å². The van der Waals surface area contributed by atoms with E-state index in [1.807, 2.05) is 0 Å². The lowest BCUT2D eigenvalue weighted by molar-refractivity contribution is 0.569. The Morgan fingerprint density at radius 1 is 0.947 bits per heavy atom. The lowest BCUT2D eigenvalue weighted by Gasteiger charge is -2.08. The molecule has 19 heavy (non-hydrogen) atoms. The fraction of sp³-hybridized carbons (Fsp3) is 0.143. The van der Waals surface area contributed by atoms with Crippen molar-refractivity contribution in [2.75, 3.05) is 0 Å². The van der Waals surface area contributed by atoms with Gasteiger partial charge in [0.2, 0.25) is 0 Å². The van der Waals surface area contributed by atoms with Crippen LogP contribution in [-0.4, -0.2) is 0 Å². The molecule has 0 unspecified atom stereocenters. The largest absolute Gasteiger partial charge is 0.308 e. The molecule has 0 aliphatic rings. The van der Waals surface area contributed by atoms with Gasteiger partial charge in [0.15, 0.2) is 0 Å². The van der Waals surface area contributed by atoms with E-state index in [0.717, 1.165) is 4.47 Å². The first-order valence-electron chi connectivity index (χ1n) is 5.65. The quantitative estimate of drug-likeness (QED) is 0.848. The van der Waals surface area contributed by atoms with Crippen molar-refractivity contribution in [3.05, 3.63) is 68.7 Å². The van der Waals surface area contributed by atoms with Gasteiger partial charge in [-0.3, -0.25) is 0 Å². The van der Waals surface area contributed by atoms with Crippen LogP contribution in [0.3, 0.4) is 0 Å². The van der Waals surface area contributed by atoms with Crippen LogP contribution in [0.1, 0.15) is 11.1 Å². The van der Waals surface area contributed by atoms with Gasteiger partial charge in [-0.25, -0.2) is 8.78 Å². The highest BCUT2D eigenvalue weighted by Crippen LogP contribution is 2.17. The maximum atomic E-state index is 13.5. The fourth-order valence-corrected chi connectivity index (χ4v) is 2.24. The van der Waals surface area contributed by atoms with Gasteiger partial charge >= 0.3 is 0 Å². The summed E-state index contributed by atoms with van der Waals surface area (Å²) in [5.74, 6) is -0.651. The fourth-order valence-electron chi connectivity index (χ4n) is 1.68. The molecule has 0 aliphatic carbocycles.